The SMILES string of the molecule is COc1ccc(Cl)cc1S(=O)(=O)N(C)CCc1noc(-c2ccccc2)n1. The second-order valence-corrected chi connectivity index (χ2v) is 8.20. The highest BCUT2D eigenvalue weighted by atomic mass is 35.5. The maximum Gasteiger partial charge on any atom is 0.257 e. The molecule has 142 valence electrons. The van der Waals surface area contributed by atoms with Gasteiger partial charge >= 0.3 is 0 Å². The van der Waals surface area contributed by atoms with Gasteiger partial charge in [0.15, 0.2) is 5.82 Å². The molecule has 0 saturated carbocycles. The van der Waals surface area contributed by atoms with E-state index in [9.17, 15) is 8.42 Å². The van der Waals surface area contributed by atoms with E-state index in [4.69, 9.17) is 20.9 Å². The molecule has 3 aromatic rings. The number of hydrogen-bond acceptors (Lipinski definition) is 6. The van der Waals surface area contributed by atoms with Crippen LogP contribution in [0.1, 0.15) is 5.82 Å². The summed E-state index contributed by atoms with van der Waals surface area (Å²) < 4.78 is 37.3. The summed E-state index contributed by atoms with van der Waals surface area (Å²) in [6.07, 6.45) is 0.301. The number of ether oxygens (including phenoxy) is 1. The zero-order valence-electron chi connectivity index (χ0n) is 14.8. The van der Waals surface area contributed by atoms with Crippen molar-refractivity contribution in [1.82, 2.24) is 14.4 Å². The predicted octanol–water partition coefficient (Wildman–Crippen LogP) is 3.26. The van der Waals surface area contributed by atoms with Crippen molar-refractivity contribution < 1.29 is 17.7 Å². The van der Waals surface area contributed by atoms with E-state index >= 15 is 0 Å². The number of aromatic nitrogens is 2. The first-order chi connectivity index (χ1) is 12.9. The van der Waals surface area contributed by atoms with Crippen LogP contribution in [0.3, 0.4) is 0 Å². The average Bonchev–Trinajstić information content (AvgIpc) is 3.15. The minimum absolute atomic E-state index is 0.0121. The Morgan fingerprint density at radius 3 is 2.63 bits per heavy atom. The second kappa shape index (κ2) is 8.08. The number of likely N-dealkylation sites (N-methyl/N-ethyl adjacent to an activating group) is 1. The number of rotatable bonds is 7. The molecule has 0 atom stereocenters. The van der Waals surface area contributed by atoms with Crippen LogP contribution in [0.25, 0.3) is 11.5 Å². The van der Waals surface area contributed by atoms with Crippen LogP contribution in [0.15, 0.2) is 57.9 Å². The molecule has 7 nitrogen and oxygen atoms in total. The number of halogens is 1. The van der Waals surface area contributed by atoms with E-state index in [-0.39, 0.29) is 17.2 Å². The highest BCUT2D eigenvalue weighted by Gasteiger charge is 2.25. The molecule has 0 fully saturated rings. The van der Waals surface area contributed by atoms with Gasteiger partial charge in [-0.1, -0.05) is 35.0 Å². The summed E-state index contributed by atoms with van der Waals surface area (Å²) in [5.41, 5.74) is 0.806. The van der Waals surface area contributed by atoms with E-state index in [0.717, 1.165) is 5.56 Å². The zero-order chi connectivity index (χ0) is 19.4. The number of sulfonamides is 1. The Morgan fingerprint density at radius 1 is 1.19 bits per heavy atom. The molecule has 3 rings (SSSR count). The minimum Gasteiger partial charge on any atom is -0.495 e. The lowest BCUT2D eigenvalue weighted by molar-refractivity contribution is 0.396. The quantitative estimate of drug-likeness (QED) is 0.597. The van der Waals surface area contributed by atoms with E-state index in [1.165, 1.54) is 30.6 Å². The van der Waals surface area contributed by atoms with Crippen molar-refractivity contribution in [3.8, 4) is 17.2 Å². The largest absolute Gasteiger partial charge is 0.495 e. The summed E-state index contributed by atoms with van der Waals surface area (Å²) in [4.78, 5) is 4.32. The number of methoxy groups -OCH3 is 1. The highest BCUT2D eigenvalue weighted by Crippen LogP contribution is 2.29. The summed E-state index contributed by atoms with van der Waals surface area (Å²) >= 11 is 5.95. The summed E-state index contributed by atoms with van der Waals surface area (Å²) in [6.45, 7) is 0.172. The molecule has 0 aliphatic rings. The third kappa shape index (κ3) is 4.29. The van der Waals surface area contributed by atoms with Gasteiger partial charge in [-0.3, -0.25) is 0 Å². The normalized spacial score (nSPS) is 11.7. The molecule has 1 aromatic heterocycles. The van der Waals surface area contributed by atoms with Gasteiger partial charge in [-0.05, 0) is 30.3 Å². The fraction of sp³-hybridized carbons (Fsp3) is 0.222. The molecule has 0 bridgehead atoms. The number of nitrogens with zero attached hydrogens (tertiary/aromatic N) is 3. The molecule has 0 unspecified atom stereocenters. The third-order valence-corrected chi connectivity index (χ3v) is 6.07. The lowest BCUT2D eigenvalue weighted by Crippen LogP contribution is -2.29. The summed E-state index contributed by atoms with van der Waals surface area (Å²) in [5.74, 6) is 1.05. The van der Waals surface area contributed by atoms with Gasteiger partial charge in [0.05, 0.1) is 7.11 Å². The summed E-state index contributed by atoms with van der Waals surface area (Å²) in [6, 6.07) is 13.8. The molecule has 0 saturated heterocycles. The topological polar surface area (TPSA) is 85.5 Å². The molecular weight excluding hydrogens is 390 g/mol. The monoisotopic (exact) mass is 407 g/mol. The van der Waals surface area contributed by atoms with E-state index in [1.807, 2.05) is 30.3 Å². The van der Waals surface area contributed by atoms with Crippen LogP contribution in [0.2, 0.25) is 5.02 Å². The minimum atomic E-state index is -3.78. The van der Waals surface area contributed by atoms with Crippen molar-refractivity contribution in [2.75, 3.05) is 20.7 Å². The van der Waals surface area contributed by atoms with Gasteiger partial charge in [-0.15, -0.1) is 0 Å². The third-order valence-electron chi connectivity index (χ3n) is 3.95. The van der Waals surface area contributed by atoms with Crippen molar-refractivity contribution in [1.29, 1.82) is 0 Å². The molecular formula is C18H18ClN3O4S. The Morgan fingerprint density at radius 2 is 1.93 bits per heavy atom. The maximum atomic E-state index is 12.8. The fourth-order valence-corrected chi connectivity index (χ4v) is 4.04. The van der Waals surface area contributed by atoms with Crippen LogP contribution in [0.5, 0.6) is 5.75 Å². The lowest BCUT2D eigenvalue weighted by atomic mass is 10.2. The lowest BCUT2D eigenvalue weighted by Gasteiger charge is -2.18. The van der Waals surface area contributed by atoms with Crippen molar-refractivity contribution in [2.45, 2.75) is 11.3 Å². The highest BCUT2D eigenvalue weighted by molar-refractivity contribution is 7.89. The molecule has 0 aliphatic carbocycles. The van der Waals surface area contributed by atoms with Crippen LogP contribution in [-0.4, -0.2) is 43.6 Å². The Hall–Kier alpha value is -2.42. The van der Waals surface area contributed by atoms with E-state index in [1.54, 1.807) is 6.07 Å². The van der Waals surface area contributed by atoms with Gasteiger partial charge < -0.3 is 9.26 Å². The van der Waals surface area contributed by atoms with Gasteiger partial charge in [0, 0.05) is 30.6 Å². The predicted molar refractivity (Wildman–Crippen MR) is 101 cm³/mol. The summed E-state index contributed by atoms with van der Waals surface area (Å²) in [5, 5.41) is 4.23. The molecule has 0 N–H and O–H groups in total. The van der Waals surface area contributed by atoms with Gasteiger partial charge in [-0.2, -0.15) is 4.98 Å². The first-order valence-electron chi connectivity index (χ1n) is 8.09. The standard InChI is InChI=1S/C18H18ClN3O4S/c1-22(27(23,24)16-12-14(19)8-9-15(16)25-2)11-10-17-20-18(26-21-17)13-6-4-3-5-7-13/h3-9,12H,10-11H2,1-2H3. The van der Waals surface area contributed by atoms with Crippen LogP contribution >= 0.6 is 11.6 Å². The Balaban J connectivity index is 1.73. The molecule has 0 aliphatic heterocycles. The Bertz CT molecular complexity index is 1020. The van der Waals surface area contributed by atoms with E-state index < -0.39 is 10.0 Å². The van der Waals surface area contributed by atoms with E-state index in [2.05, 4.69) is 10.1 Å². The van der Waals surface area contributed by atoms with Crippen LogP contribution in [0, 0.1) is 0 Å². The van der Waals surface area contributed by atoms with Gasteiger partial charge in [0.25, 0.3) is 5.89 Å². The summed E-state index contributed by atoms with van der Waals surface area (Å²) in [7, 11) is -0.893. The van der Waals surface area contributed by atoms with Gasteiger partial charge in [-0.25, -0.2) is 12.7 Å². The van der Waals surface area contributed by atoms with Crippen LogP contribution in [-0.2, 0) is 16.4 Å². The van der Waals surface area contributed by atoms with Gasteiger partial charge in [0.1, 0.15) is 10.6 Å². The zero-order valence-corrected chi connectivity index (χ0v) is 16.4. The molecule has 0 radical (unpaired) electrons. The molecule has 27 heavy (non-hydrogen) atoms. The average molecular weight is 408 g/mol. The first-order valence-corrected chi connectivity index (χ1v) is 9.91. The smallest absolute Gasteiger partial charge is 0.257 e. The van der Waals surface area contributed by atoms with Crippen LogP contribution < -0.4 is 4.74 Å². The Kier molecular flexibility index (Phi) is 5.79. The second-order valence-electron chi connectivity index (χ2n) is 5.75. The van der Waals surface area contributed by atoms with Crippen LogP contribution in [0.4, 0.5) is 0 Å². The van der Waals surface area contributed by atoms with Crippen molar-refractivity contribution in [2.24, 2.45) is 0 Å². The molecule has 2 aromatic carbocycles. The van der Waals surface area contributed by atoms with Crippen molar-refractivity contribution >= 4 is 21.6 Å². The molecule has 0 spiro atoms. The maximum absolute atomic E-state index is 12.8. The first kappa shape index (κ1) is 19.3. The molecule has 1 heterocycles. The fourth-order valence-electron chi connectivity index (χ4n) is 2.45. The molecule has 0 amide bonds. The van der Waals surface area contributed by atoms with E-state index in [0.29, 0.717) is 23.2 Å². The number of hydrogen-bond donors (Lipinski definition) is 0. The Labute approximate surface area is 162 Å². The van der Waals surface area contributed by atoms with Crippen molar-refractivity contribution in [3.63, 3.8) is 0 Å². The van der Waals surface area contributed by atoms with Gasteiger partial charge in [0.2, 0.25) is 10.0 Å². The molecule has 9 heteroatoms. The number of benzene rings is 2. The van der Waals surface area contributed by atoms with Crippen molar-refractivity contribution in [3.05, 3.63) is 59.4 Å².